The molecule has 2 heteroatoms. The number of nitrogens with zero attached hydrogens (tertiary/aromatic N) is 1. The van der Waals surface area contributed by atoms with E-state index in [0.717, 1.165) is 6.42 Å². The van der Waals surface area contributed by atoms with Crippen molar-refractivity contribution in [1.29, 1.82) is 0 Å². The van der Waals surface area contributed by atoms with Gasteiger partial charge in [-0.1, -0.05) is 31.0 Å². The molecule has 100 valence electrons. The van der Waals surface area contributed by atoms with Gasteiger partial charge in [-0.2, -0.15) is 0 Å². The second-order valence-corrected chi connectivity index (χ2v) is 5.70. The Morgan fingerprint density at radius 3 is 2.83 bits per heavy atom. The number of rotatable bonds is 3. The van der Waals surface area contributed by atoms with Gasteiger partial charge in [0.2, 0.25) is 0 Å². The fourth-order valence-electron chi connectivity index (χ4n) is 2.94. The zero-order valence-corrected chi connectivity index (χ0v) is 11.7. The van der Waals surface area contributed by atoms with Gasteiger partial charge in [-0.3, -0.25) is 0 Å². The third-order valence-corrected chi connectivity index (χ3v) is 3.90. The summed E-state index contributed by atoms with van der Waals surface area (Å²) >= 11 is 0. The van der Waals surface area contributed by atoms with Crippen LogP contribution in [0.4, 0.5) is 5.69 Å². The number of para-hydroxylation sites is 1. The molecular weight excluding hydrogens is 220 g/mol. The van der Waals surface area contributed by atoms with Crippen molar-refractivity contribution in [2.24, 2.45) is 5.73 Å². The summed E-state index contributed by atoms with van der Waals surface area (Å²) in [5, 5.41) is 0. The molecule has 2 nitrogen and oxygen atoms in total. The van der Waals surface area contributed by atoms with Crippen LogP contribution in [-0.2, 0) is 6.42 Å². The number of hydrogen-bond acceptors (Lipinski definition) is 2. The fraction of sp³-hybridized carbons (Fsp3) is 0.625. The first-order valence-corrected chi connectivity index (χ1v) is 7.28. The highest BCUT2D eigenvalue weighted by molar-refractivity contribution is 5.54. The minimum Gasteiger partial charge on any atom is -0.369 e. The van der Waals surface area contributed by atoms with Gasteiger partial charge in [-0.25, -0.2) is 0 Å². The summed E-state index contributed by atoms with van der Waals surface area (Å²) in [6.45, 7) is 5.63. The van der Waals surface area contributed by atoms with E-state index in [1.54, 1.807) is 0 Å². The monoisotopic (exact) mass is 246 g/mol. The predicted octanol–water partition coefficient (Wildman–Crippen LogP) is 3.35. The molecule has 1 saturated heterocycles. The van der Waals surface area contributed by atoms with Crippen LogP contribution in [0.5, 0.6) is 0 Å². The van der Waals surface area contributed by atoms with Crippen molar-refractivity contribution in [3.05, 3.63) is 29.8 Å². The lowest BCUT2D eigenvalue weighted by Crippen LogP contribution is -2.33. The molecular formula is C16H26N2. The molecule has 1 heterocycles. The molecule has 1 aromatic carbocycles. The first-order valence-electron chi connectivity index (χ1n) is 7.28. The molecule has 1 fully saturated rings. The number of anilines is 1. The molecule has 2 rings (SSSR count). The van der Waals surface area contributed by atoms with E-state index in [1.807, 2.05) is 0 Å². The number of nitrogens with two attached hydrogens (primary N) is 1. The van der Waals surface area contributed by atoms with Gasteiger partial charge in [-0.15, -0.1) is 0 Å². The van der Waals surface area contributed by atoms with Gasteiger partial charge < -0.3 is 10.6 Å². The van der Waals surface area contributed by atoms with E-state index in [4.69, 9.17) is 5.73 Å². The van der Waals surface area contributed by atoms with E-state index >= 15 is 0 Å². The minimum atomic E-state index is 0.230. The second-order valence-electron chi connectivity index (χ2n) is 5.70. The van der Waals surface area contributed by atoms with Crippen LogP contribution in [0.3, 0.4) is 0 Å². The van der Waals surface area contributed by atoms with Gasteiger partial charge in [0.25, 0.3) is 0 Å². The topological polar surface area (TPSA) is 29.3 Å². The van der Waals surface area contributed by atoms with E-state index in [1.165, 1.54) is 43.5 Å². The Morgan fingerprint density at radius 2 is 2.06 bits per heavy atom. The van der Waals surface area contributed by atoms with Gasteiger partial charge in [0.05, 0.1) is 0 Å². The van der Waals surface area contributed by atoms with Crippen molar-refractivity contribution < 1.29 is 0 Å². The van der Waals surface area contributed by atoms with Crippen molar-refractivity contribution in [1.82, 2.24) is 0 Å². The Bertz CT molecular complexity index is 373. The average Bonchev–Trinajstić information content (AvgIpc) is 2.54. The summed E-state index contributed by atoms with van der Waals surface area (Å²) in [4.78, 5) is 2.59. The second kappa shape index (κ2) is 6.24. The summed E-state index contributed by atoms with van der Waals surface area (Å²) in [5.74, 6) is 0. The summed E-state index contributed by atoms with van der Waals surface area (Å²) in [5.41, 5.74) is 8.78. The lowest BCUT2D eigenvalue weighted by molar-refractivity contribution is 0.612. The van der Waals surface area contributed by atoms with Crippen LogP contribution in [0.25, 0.3) is 0 Å². The van der Waals surface area contributed by atoms with Crippen molar-refractivity contribution in [3.8, 4) is 0 Å². The van der Waals surface area contributed by atoms with Gasteiger partial charge in [0.15, 0.2) is 0 Å². The van der Waals surface area contributed by atoms with Crippen LogP contribution >= 0.6 is 0 Å². The largest absolute Gasteiger partial charge is 0.369 e. The van der Waals surface area contributed by atoms with Crippen molar-refractivity contribution in [2.45, 2.75) is 58.0 Å². The lowest BCUT2D eigenvalue weighted by Gasteiger charge is -2.31. The Balaban J connectivity index is 2.24. The molecule has 1 aliphatic rings. The maximum atomic E-state index is 5.97. The molecule has 2 N–H and O–H groups in total. The normalized spacial score (nSPS) is 22.6. The Kier molecular flexibility index (Phi) is 4.65. The SMILES string of the molecule is CC(N)Cc1ccccc1N1CCCCCC1C. The fourth-order valence-corrected chi connectivity index (χ4v) is 2.94. The summed E-state index contributed by atoms with van der Waals surface area (Å²) < 4.78 is 0. The van der Waals surface area contributed by atoms with E-state index in [-0.39, 0.29) is 6.04 Å². The van der Waals surface area contributed by atoms with Crippen molar-refractivity contribution >= 4 is 5.69 Å². The number of hydrogen-bond donors (Lipinski definition) is 1. The highest BCUT2D eigenvalue weighted by atomic mass is 15.2. The molecule has 1 aromatic rings. The first kappa shape index (κ1) is 13.4. The smallest absolute Gasteiger partial charge is 0.0401 e. The highest BCUT2D eigenvalue weighted by Gasteiger charge is 2.19. The van der Waals surface area contributed by atoms with Gasteiger partial charge in [0, 0.05) is 24.3 Å². The third-order valence-electron chi connectivity index (χ3n) is 3.90. The van der Waals surface area contributed by atoms with E-state index < -0.39 is 0 Å². The Hall–Kier alpha value is -1.02. The predicted molar refractivity (Wildman–Crippen MR) is 79.1 cm³/mol. The summed E-state index contributed by atoms with van der Waals surface area (Å²) in [6.07, 6.45) is 6.34. The molecule has 2 unspecified atom stereocenters. The molecule has 0 bridgehead atoms. The van der Waals surface area contributed by atoms with Crippen LogP contribution in [0.15, 0.2) is 24.3 Å². The van der Waals surface area contributed by atoms with Crippen LogP contribution < -0.4 is 10.6 Å². The zero-order valence-electron chi connectivity index (χ0n) is 11.7. The molecule has 0 amide bonds. The maximum absolute atomic E-state index is 5.97. The first-order chi connectivity index (χ1) is 8.68. The maximum Gasteiger partial charge on any atom is 0.0401 e. The van der Waals surface area contributed by atoms with Gasteiger partial charge >= 0.3 is 0 Å². The molecule has 0 spiro atoms. The minimum absolute atomic E-state index is 0.230. The quantitative estimate of drug-likeness (QED) is 0.886. The molecule has 0 radical (unpaired) electrons. The molecule has 1 aliphatic heterocycles. The summed E-state index contributed by atoms with van der Waals surface area (Å²) in [7, 11) is 0. The van der Waals surface area contributed by atoms with Gasteiger partial charge in [-0.05, 0) is 44.7 Å². The van der Waals surface area contributed by atoms with Crippen LogP contribution in [0, 0.1) is 0 Å². The third kappa shape index (κ3) is 3.26. The Morgan fingerprint density at radius 1 is 1.28 bits per heavy atom. The van der Waals surface area contributed by atoms with Gasteiger partial charge in [0.1, 0.15) is 0 Å². The van der Waals surface area contributed by atoms with Crippen LogP contribution in [0.2, 0.25) is 0 Å². The molecule has 2 atom stereocenters. The van der Waals surface area contributed by atoms with Crippen molar-refractivity contribution in [3.63, 3.8) is 0 Å². The van der Waals surface area contributed by atoms with Crippen molar-refractivity contribution in [2.75, 3.05) is 11.4 Å². The zero-order chi connectivity index (χ0) is 13.0. The van der Waals surface area contributed by atoms with Crippen LogP contribution in [-0.4, -0.2) is 18.6 Å². The number of benzene rings is 1. The molecule has 0 saturated carbocycles. The van der Waals surface area contributed by atoms with E-state index in [2.05, 4.69) is 43.0 Å². The van der Waals surface area contributed by atoms with E-state index in [0.29, 0.717) is 6.04 Å². The Labute approximate surface area is 111 Å². The standard InChI is InChI=1S/C16H26N2/c1-13(17)12-15-9-5-6-10-16(15)18-11-7-3-4-8-14(18)2/h5-6,9-10,13-14H,3-4,7-8,11-12,17H2,1-2H3. The molecule has 0 aliphatic carbocycles. The molecule has 18 heavy (non-hydrogen) atoms. The highest BCUT2D eigenvalue weighted by Crippen LogP contribution is 2.27. The molecule has 0 aromatic heterocycles. The average molecular weight is 246 g/mol. The summed E-state index contributed by atoms with van der Waals surface area (Å²) in [6, 6.07) is 9.66. The lowest BCUT2D eigenvalue weighted by atomic mass is 10.0. The van der Waals surface area contributed by atoms with Crippen LogP contribution in [0.1, 0.15) is 45.1 Å². The van der Waals surface area contributed by atoms with E-state index in [9.17, 15) is 0 Å².